The van der Waals surface area contributed by atoms with E-state index in [9.17, 15) is 14.7 Å². The Morgan fingerprint density at radius 1 is 1.44 bits per heavy atom. The van der Waals surface area contributed by atoms with Crippen molar-refractivity contribution in [2.45, 2.75) is 19.3 Å². The van der Waals surface area contributed by atoms with Crippen LogP contribution in [0, 0.1) is 5.41 Å². The van der Waals surface area contributed by atoms with Gasteiger partial charge >= 0.3 is 5.97 Å². The van der Waals surface area contributed by atoms with Crippen LogP contribution in [0.1, 0.15) is 18.5 Å². The van der Waals surface area contributed by atoms with E-state index in [1.807, 2.05) is 22.9 Å². The third-order valence-electron chi connectivity index (χ3n) is 4.42. The maximum Gasteiger partial charge on any atom is 0.313 e. The van der Waals surface area contributed by atoms with E-state index in [1.165, 1.54) is 18.4 Å². The fourth-order valence-electron chi connectivity index (χ4n) is 3.14. The zero-order chi connectivity index (χ0) is 17.9. The van der Waals surface area contributed by atoms with Crippen molar-refractivity contribution in [3.8, 4) is 9.88 Å². The van der Waals surface area contributed by atoms with Gasteiger partial charge in [0.1, 0.15) is 10.4 Å². The fraction of sp³-hybridized carbons (Fsp3) is 0.471. The molecule has 8 heteroatoms. The molecule has 0 radical (unpaired) electrons. The second-order valence-corrected chi connectivity index (χ2v) is 8.04. The second kappa shape index (κ2) is 7.63. The molecule has 0 spiro atoms. The Morgan fingerprint density at radius 3 is 2.96 bits per heavy atom. The standard InChI is InChI=1S/C17H20N2O4S2/c1-23-11-17(16(21)22)5-3-6-19(10-17)14(20)8-12-9-25-15(18-12)13-4-2-7-24-13/h2,4,7,9H,3,5-6,8,10-11H2,1H3,(H,21,22). The molecule has 1 atom stereocenters. The summed E-state index contributed by atoms with van der Waals surface area (Å²) < 4.78 is 5.11. The van der Waals surface area contributed by atoms with Gasteiger partial charge in [-0.05, 0) is 24.3 Å². The number of thiazole rings is 1. The highest BCUT2D eigenvalue weighted by molar-refractivity contribution is 7.20. The summed E-state index contributed by atoms with van der Waals surface area (Å²) in [5.41, 5.74) is -0.274. The minimum Gasteiger partial charge on any atom is -0.481 e. The number of likely N-dealkylation sites (tertiary alicyclic amines) is 1. The first-order chi connectivity index (χ1) is 12.0. The van der Waals surface area contributed by atoms with Crippen LogP contribution >= 0.6 is 22.7 Å². The summed E-state index contributed by atoms with van der Waals surface area (Å²) in [6.07, 6.45) is 1.39. The van der Waals surface area contributed by atoms with Gasteiger partial charge in [-0.15, -0.1) is 22.7 Å². The highest BCUT2D eigenvalue weighted by Gasteiger charge is 2.43. The number of nitrogens with zero attached hydrogens (tertiary/aromatic N) is 2. The Morgan fingerprint density at radius 2 is 2.28 bits per heavy atom. The van der Waals surface area contributed by atoms with Crippen molar-refractivity contribution in [3.63, 3.8) is 0 Å². The van der Waals surface area contributed by atoms with E-state index in [0.717, 1.165) is 15.6 Å². The zero-order valence-electron chi connectivity index (χ0n) is 13.9. The number of methoxy groups -OCH3 is 1. The molecule has 2 aromatic rings. The smallest absolute Gasteiger partial charge is 0.313 e. The highest BCUT2D eigenvalue weighted by atomic mass is 32.1. The number of aromatic nitrogens is 1. The second-order valence-electron chi connectivity index (χ2n) is 6.24. The van der Waals surface area contributed by atoms with Gasteiger partial charge in [-0.3, -0.25) is 9.59 Å². The Hall–Kier alpha value is -1.77. The number of carbonyl (C=O) groups is 2. The Bertz CT molecular complexity index is 740. The monoisotopic (exact) mass is 380 g/mol. The van der Waals surface area contributed by atoms with Gasteiger partial charge < -0.3 is 14.7 Å². The first kappa shape index (κ1) is 18.0. The molecule has 25 heavy (non-hydrogen) atoms. The topological polar surface area (TPSA) is 79.7 Å². The third kappa shape index (κ3) is 3.91. The number of hydrogen-bond donors (Lipinski definition) is 1. The molecule has 6 nitrogen and oxygen atoms in total. The number of hydrogen-bond acceptors (Lipinski definition) is 6. The van der Waals surface area contributed by atoms with Gasteiger partial charge in [0, 0.05) is 25.6 Å². The van der Waals surface area contributed by atoms with Crippen LogP contribution in [0.25, 0.3) is 9.88 Å². The molecule has 1 unspecified atom stereocenters. The summed E-state index contributed by atoms with van der Waals surface area (Å²) in [5, 5.41) is 14.4. The number of carboxylic acid groups (broad SMARTS) is 1. The molecule has 1 aliphatic heterocycles. The fourth-order valence-corrected chi connectivity index (χ4v) is 4.78. The van der Waals surface area contributed by atoms with Crippen molar-refractivity contribution in [1.29, 1.82) is 0 Å². The molecule has 1 fully saturated rings. The van der Waals surface area contributed by atoms with Crippen LogP contribution in [0.2, 0.25) is 0 Å². The van der Waals surface area contributed by atoms with Crippen LogP contribution in [0.4, 0.5) is 0 Å². The lowest BCUT2D eigenvalue weighted by Gasteiger charge is -2.39. The summed E-state index contributed by atoms with van der Waals surface area (Å²) in [4.78, 5) is 31.6. The highest BCUT2D eigenvalue weighted by Crippen LogP contribution is 2.32. The number of thiophene rings is 1. The van der Waals surface area contributed by atoms with Crippen LogP contribution < -0.4 is 0 Å². The molecule has 0 aromatic carbocycles. The number of amides is 1. The van der Waals surface area contributed by atoms with Crippen molar-refractivity contribution in [1.82, 2.24) is 9.88 Å². The first-order valence-corrected chi connectivity index (χ1v) is 9.78. The quantitative estimate of drug-likeness (QED) is 0.834. The van der Waals surface area contributed by atoms with Crippen LogP contribution in [0.15, 0.2) is 22.9 Å². The van der Waals surface area contributed by atoms with Crippen LogP contribution in [-0.4, -0.2) is 53.7 Å². The Kier molecular flexibility index (Phi) is 5.51. The van der Waals surface area contributed by atoms with Gasteiger partial charge in [0.15, 0.2) is 0 Å². The number of rotatable bonds is 6. The molecule has 0 saturated carbocycles. The number of ether oxygens (including phenoxy) is 1. The van der Waals surface area contributed by atoms with Crippen molar-refractivity contribution in [3.05, 3.63) is 28.6 Å². The van der Waals surface area contributed by atoms with Crippen LogP contribution in [0.3, 0.4) is 0 Å². The molecule has 1 amide bonds. The molecule has 0 bridgehead atoms. The van der Waals surface area contributed by atoms with Gasteiger partial charge in [-0.1, -0.05) is 6.07 Å². The lowest BCUT2D eigenvalue weighted by Crippen LogP contribution is -2.52. The zero-order valence-corrected chi connectivity index (χ0v) is 15.6. The lowest BCUT2D eigenvalue weighted by atomic mass is 9.80. The molecule has 1 saturated heterocycles. The van der Waals surface area contributed by atoms with Gasteiger partial charge in [-0.2, -0.15) is 0 Å². The normalized spacial score (nSPS) is 20.6. The SMILES string of the molecule is COCC1(C(=O)O)CCCN(C(=O)Cc2csc(-c3cccs3)n2)C1. The minimum atomic E-state index is -1.01. The third-order valence-corrected chi connectivity index (χ3v) is 6.35. The Balaban J connectivity index is 1.67. The van der Waals surface area contributed by atoms with Gasteiger partial charge in [0.25, 0.3) is 0 Å². The van der Waals surface area contributed by atoms with Gasteiger partial charge in [0.2, 0.25) is 5.91 Å². The van der Waals surface area contributed by atoms with E-state index in [1.54, 1.807) is 16.2 Å². The first-order valence-electron chi connectivity index (χ1n) is 8.02. The van der Waals surface area contributed by atoms with E-state index in [4.69, 9.17) is 4.74 Å². The minimum absolute atomic E-state index is 0.0792. The van der Waals surface area contributed by atoms with E-state index in [2.05, 4.69) is 4.98 Å². The largest absolute Gasteiger partial charge is 0.481 e. The molecule has 134 valence electrons. The predicted molar refractivity (Wildman–Crippen MR) is 96.9 cm³/mol. The van der Waals surface area contributed by atoms with E-state index >= 15 is 0 Å². The number of aliphatic carboxylic acids is 1. The van der Waals surface area contributed by atoms with E-state index in [-0.39, 0.29) is 25.5 Å². The maximum atomic E-state index is 12.6. The molecular weight excluding hydrogens is 360 g/mol. The molecular formula is C17H20N2O4S2. The van der Waals surface area contributed by atoms with E-state index in [0.29, 0.717) is 19.4 Å². The van der Waals surface area contributed by atoms with Crippen molar-refractivity contribution >= 4 is 34.6 Å². The Labute approximate surface area is 154 Å². The summed E-state index contributed by atoms with van der Waals surface area (Å²) >= 11 is 3.14. The number of carbonyl (C=O) groups excluding carboxylic acids is 1. The number of piperidine rings is 1. The van der Waals surface area contributed by atoms with E-state index < -0.39 is 11.4 Å². The summed E-state index contributed by atoms with van der Waals surface area (Å²) in [7, 11) is 1.49. The summed E-state index contributed by atoms with van der Waals surface area (Å²) in [6.45, 7) is 0.891. The lowest BCUT2D eigenvalue weighted by molar-refractivity contribution is -0.159. The van der Waals surface area contributed by atoms with Gasteiger partial charge in [-0.25, -0.2) is 4.98 Å². The van der Waals surface area contributed by atoms with Crippen molar-refractivity contribution < 1.29 is 19.4 Å². The molecule has 3 rings (SSSR count). The maximum absolute atomic E-state index is 12.6. The number of carboxylic acids is 1. The molecule has 3 heterocycles. The molecule has 1 aliphatic rings. The average Bonchev–Trinajstić information content (AvgIpc) is 3.26. The van der Waals surface area contributed by atoms with Gasteiger partial charge in [0.05, 0.1) is 23.6 Å². The predicted octanol–water partition coefficient (Wildman–Crippen LogP) is 2.75. The van der Waals surface area contributed by atoms with Crippen LogP contribution in [-0.2, 0) is 20.7 Å². The average molecular weight is 380 g/mol. The molecule has 2 aromatic heterocycles. The molecule has 1 N–H and O–H groups in total. The van der Waals surface area contributed by atoms with Crippen molar-refractivity contribution in [2.75, 3.05) is 26.8 Å². The molecule has 0 aliphatic carbocycles. The van der Waals surface area contributed by atoms with Crippen molar-refractivity contribution in [2.24, 2.45) is 5.41 Å². The van der Waals surface area contributed by atoms with Crippen LogP contribution in [0.5, 0.6) is 0 Å². The summed E-state index contributed by atoms with van der Waals surface area (Å²) in [5.74, 6) is -0.982. The summed E-state index contributed by atoms with van der Waals surface area (Å²) in [6, 6.07) is 3.98.